The largest absolute Gasteiger partial charge is 0.403 e. The molecular weight excluding hydrogens is 221 g/mol. The zero-order chi connectivity index (χ0) is 11.2. The first kappa shape index (κ1) is 11.5. The Kier molecular flexibility index (Phi) is 2.46. The molecule has 0 aromatic carbocycles. The summed E-state index contributed by atoms with van der Waals surface area (Å²) in [6, 6.07) is 0. The maximum absolute atomic E-state index is 12.1. The van der Waals surface area contributed by atoms with E-state index in [9.17, 15) is 30.9 Å². The van der Waals surface area contributed by atoms with Crippen LogP contribution in [0, 0.1) is 5.41 Å². The molecule has 0 bridgehead atoms. The molecule has 1 aliphatic carbocycles. The fourth-order valence-electron chi connectivity index (χ4n) is 1.40. The zero-order valence-electron chi connectivity index (χ0n) is 6.55. The van der Waals surface area contributed by atoms with Crippen molar-refractivity contribution >= 4 is 0 Å². The lowest BCUT2D eigenvalue weighted by atomic mass is 9.65. The molecule has 14 heavy (non-hydrogen) atoms. The molecule has 1 nitrogen and oxygen atoms in total. The normalized spacial score (nSPS) is 23.4. The van der Waals surface area contributed by atoms with Crippen molar-refractivity contribution in [3.8, 4) is 0 Å². The van der Waals surface area contributed by atoms with Crippen LogP contribution in [0.2, 0.25) is 0 Å². The van der Waals surface area contributed by atoms with Crippen molar-refractivity contribution in [1.82, 2.24) is 0 Å². The van der Waals surface area contributed by atoms with Crippen LogP contribution in [0.15, 0.2) is 0 Å². The molecule has 0 spiro atoms. The third-order valence-electron chi connectivity index (χ3n) is 2.36. The number of rotatable bonds is 1. The highest BCUT2D eigenvalue weighted by Crippen LogP contribution is 2.62. The van der Waals surface area contributed by atoms with E-state index in [0.717, 1.165) is 0 Å². The Labute approximate surface area is 73.7 Å². The standard InChI is InChI=1S/C6H5F7O/c7-5(8,9)4(6(10,11)12)1-3(2-4)14-13/h3H,1-2H2. The third kappa shape index (κ3) is 1.45. The minimum atomic E-state index is -5.42. The zero-order valence-corrected chi connectivity index (χ0v) is 6.55. The minimum Gasteiger partial charge on any atom is -0.191 e. The molecule has 0 aromatic heterocycles. The summed E-state index contributed by atoms with van der Waals surface area (Å²) in [5, 5.41) is 0. The molecule has 1 aliphatic rings. The fourth-order valence-corrected chi connectivity index (χ4v) is 1.40. The van der Waals surface area contributed by atoms with Gasteiger partial charge in [-0.2, -0.15) is 31.3 Å². The van der Waals surface area contributed by atoms with Crippen LogP contribution in [0.25, 0.3) is 0 Å². The smallest absolute Gasteiger partial charge is 0.191 e. The molecule has 8 heteroatoms. The van der Waals surface area contributed by atoms with Gasteiger partial charge in [0.1, 0.15) is 6.10 Å². The summed E-state index contributed by atoms with van der Waals surface area (Å²) >= 11 is 0. The third-order valence-corrected chi connectivity index (χ3v) is 2.36. The molecule has 0 amide bonds. The number of halogens is 7. The maximum Gasteiger partial charge on any atom is 0.403 e. The van der Waals surface area contributed by atoms with E-state index >= 15 is 0 Å². The molecule has 0 heterocycles. The van der Waals surface area contributed by atoms with Crippen LogP contribution in [0.1, 0.15) is 12.8 Å². The van der Waals surface area contributed by atoms with Crippen molar-refractivity contribution < 1.29 is 35.8 Å². The Balaban J connectivity index is 2.87. The molecule has 1 fully saturated rings. The second kappa shape index (κ2) is 2.98. The fraction of sp³-hybridized carbons (Fsp3) is 1.00. The highest BCUT2D eigenvalue weighted by Gasteiger charge is 2.76. The number of hydrogen-bond donors (Lipinski definition) is 0. The second-order valence-corrected chi connectivity index (χ2v) is 3.20. The molecule has 1 rings (SSSR count). The summed E-state index contributed by atoms with van der Waals surface area (Å²) in [6.45, 7) is 0. The lowest BCUT2D eigenvalue weighted by molar-refractivity contribution is -0.397. The first-order valence-electron chi connectivity index (χ1n) is 3.55. The Morgan fingerprint density at radius 2 is 1.29 bits per heavy atom. The van der Waals surface area contributed by atoms with Crippen LogP contribution in [0.4, 0.5) is 30.9 Å². The van der Waals surface area contributed by atoms with E-state index in [4.69, 9.17) is 0 Å². The number of alkyl halides is 6. The van der Waals surface area contributed by atoms with E-state index in [2.05, 4.69) is 4.94 Å². The van der Waals surface area contributed by atoms with Gasteiger partial charge in [-0.25, -0.2) is 0 Å². The van der Waals surface area contributed by atoms with E-state index < -0.39 is 36.7 Å². The van der Waals surface area contributed by atoms with Crippen molar-refractivity contribution in [3.05, 3.63) is 0 Å². The lowest BCUT2D eigenvalue weighted by Gasteiger charge is -2.46. The summed E-state index contributed by atoms with van der Waals surface area (Å²) in [4.78, 5) is 2.93. The van der Waals surface area contributed by atoms with Crippen molar-refractivity contribution in [3.63, 3.8) is 0 Å². The van der Waals surface area contributed by atoms with E-state index in [0.29, 0.717) is 0 Å². The number of hydrogen-bond acceptors (Lipinski definition) is 1. The van der Waals surface area contributed by atoms with Crippen molar-refractivity contribution in [2.45, 2.75) is 31.3 Å². The quantitative estimate of drug-likeness (QED) is 0.624. The Bertz CT molecular complexity index is 195. The van der Waals surface area contributed by atoms with Crippen LogP contribution in [0.3, 0.4) is 0 Å². The minimum absolute atomic E-state index is 1.41. The highest BCUT2D eigenvalue weighted by atomic mass is 19.4. The van der Waals surface area contributed by atoms with Gasteiger partial charge in [-0.15, -0.1) is 0 Å². The topological polar surface area (TPSA) is 9.23 Å². The Hall–Kier alpha value is -0.530. The molecular formula is C6H5F7O. The summed E-state index contributed by atoms with van der Waals surface area (Å²) in [7, 11) is 0. The van der Waals surface area contributed by atoms with E-state index in [1.807, 2.05) is 0 Å². The van der Waals surface area contributed by atoms with Crippen LogP contribution in [-0.4, -0.2) is 18.5 Å². The van der Waals surface area contributed by atoms with Gasteiger partial charge in [-0.3, -0.25) is 0 Å². The predicted molar refractivity (Wildman–Crippen MR) is 29.8 cm³/mol. The Morgan fingerprint density at radius 1 is 0.929 bits per heavy atom. The summed E-state index contributed by atoms with van der Waals surface area (Å²) in [5.74, 6) is 0. The van der Waals surface area contributed by atoms with Gasteiger partial charge in [-0.1, -0.05) is 0 Å². The molecule has 0 aliphatic heterocycles. The van der Waals surface area contributed by atoms with Crippen LogP contribution >= 0.6 is 0 Å². The average molecular weight is 226 g/mol. The first-order chi connectivity index (χ1) is 6.14. The van der Waals surface area contributed by atoms with Crippen LogP contribution < -0.4 is 0 Å². The second-order valence-electron chi connectivity index (χ2n) is 3.20. The summed E-state index contributed by atoms with van der Waals surface area (Å²) in [5.41, 5.74) is -3.79. The van der Waals surface area contributed by atoms with Gasteiger partial charge in [0, 0.05) is 12.8 Å². The SMILES string of the molecule is FOC1CC(C(F)(F)F)(C(F)(F)F)C1. The monoisotopic (exact) mass is 226 g/mol. The van der Waals surface area contributed by atoms with Gasteiger partial charge in [0.25, 0.3) is 0 Å². The van der Waals surface area contributed by atoms with Crippen molar-refractivity contribution in [1.29, 1.82) is 0 Å². The molecule has 0 unspecified atom stereocenters. The van der Waals surface area contributed by atoms with Gasteiger partial charge < -0.3 is 0 Å². The first-order valence-corrected chi connectivity index (χ1v) is 3.55. The van der Waals surface area contributed by atoms with Crippen LogP contribution in [-0.2, 0) is 4.94 Å². The molecule has 1 saturated carbocycles. The molecule has 84 valence electrons. The highest BCUT2D eigenvalue weighted by molar-refractivity contribution is 5.04. The predicted octanol–water partition coefficient (Wildman–Crippen LogP) is 3.16. The van der Waals surface area contributed by atoms with Gasteiger partial charge in [0.15, 0.2) is 5.41 Å². The van der Waals surface area contributed by atoms with E-state index in [1.54, 1.807) is 0 Å². The lowest BCUT2D eigenvalue weighted by Crippen LogP contribution is -2.60. The summed E-state index contributed by atoms with van der Waals surface area (Å²) < 4.78 is 83.7. The molecule has 0 saturated heterocycles. The van der Waals surface area contributed by atoms with Gasteiger partial charge >= 0.3 is 12.4 Å². The van der Waals surface area contributed by atoms with Gasteiger partial charge in [-0.05, 0) is 4.53 Å². The molecule has 0 aromatic rings. The molecule has 0 N–H and O–H groups in total. The average Bonchev–Trinajstić information content (AvgIpc) is 1.77. The molecule has 0 radical (unpaired) electrons. The van der Waals surface area contributed by atoms with Crippen LogP contribution in [0.5, 0.6) is 0 Å². The van der Waals surface area contributed by atoms with E-state index in [-0.39, 0.29) is 0 Å². The Morgan fingerprint density at radius 3 is 1.50 bits per heavy atom. The maximum atomic E-state index is 12.1. The summed E-state index contributed by atoms with van der Waals surface area (Å²) in [6.07, 6.45) is -15.3. The van der Waals surface area contributed by atoms with Gasteiger partial charge in [0.05, 0.1) is 0 Å². The molecule has 0 atom stereocenters. The van der Waals surface area contributed by atoms with Gasteiger partial charge in [0.2, 0.25) is 0 Å². The van der Waals surface area contributed by atoms with E-state index in [1.165, 1.54) is 0 Å². The van der Waals surface area contributed by atoms with Crippen molar-refractivity contribution in [2.24, 2.45) is 5.41 Å². The van der Waals surface area contributed by atoms with Crippen molar-refractivity contribution in [2.75, 3.05) is 0 Å².